The van der Waals surface area contributed by atoms with Crippen molar-refractivity contribution < 1.29 is 4.79 Å². The lowest BCUT2D eigenvalue weighted by Gasteiger charge is -2.34. The van der Waals surface area contributed by atoms with Crippen LogP contribution in [0.4, 0.5) is 0 Å². The molecular weight excluding hydrogens is 198 g/mol. The highest BCUT2D eigenvalue weighted by atomic mass is 16.1. The molecule has 1 rings (SSSR count). The normalized spacial score (nSPS) is 14.8. The minimum Gasteiger partial charge on any atom is -0.369 e. The maximum absolute atomic E-state index is 11.8. The molecule has 1 aromatic carbocycles. The number of amides is 1. The fourth-order valence-corrected chi connectivity index (χ4v) is 2.47. The third-order valence-electron chi connectivity index (χ3n) is 3.52. The summed E-state index contributed by atoms with van der Waals surface area (Å²) in [5, 5.41) is 0. The van der Waals surface area contributed by atoms with Crippen molar-refractivity contribution in [2.24, 2.45) is 11.7 Å². The molecule has 1 unspecified atom stereocenters. The van der Waals surface area contributed by atoms with Gasteiger partial charge in [-0.25, -0.2) is 0 Å². The molecule has 16 heavy (non-hydrogen) atoms. The standard InChI is InChI=1S/C14H21NO/c1-5-14(10(2)3,13(15)16)12-8-6-7-11(4)9-12/h6-10H,5H2,1-4H3,(H2,15,16). The molecule has 0 saturated carbocycles. The lowest BCUT2D eigenvalue weighted by atomic mass is 9.69. The van der Waals surface area contributed by atoms with Gasteiger partial charge in [-0.05, 0) is 24.8 Å². The minimum absolute atomic E-state index is 0.205. The Bertz CT molecular complexity index is 384. The summed E-state index contributed by atoms with van der Waals surface area (Å²) in [6, 6.07) is 8.08. The van der Waals surface area contributed by atoms with Gasteiger partial charge in [0.05, 0.1) is 5.41 Å². The van der Waals surface area contributed by atoms with E-state index in [9.17, 15) is 4.79 Å². The van der Waals surface area contributed by atoms with Crippen LogP contribution in [0.3, 0.4) is 0 Å². The summed E-state index contributed by atoms with van der Waals surface area (Å²) < 4.78 is 0. The Morgan fingerprint density at radius 2 is 2.06 bits per heavy atom. The molecule has 0 aliphatic rings. The predicted octanol–water partition coefficient (Wildman–Crippen LogP) is 2.78. The lowest BCUT2D eigenvalue weighted by Crippen LogP contribution is -2.45. The molecule has 0 aliphatic carbocycles. The number of aryl methyl sites for hydroxylation is 1. The largest absolute Gasteiger partial charge is 0.369 e. The molecule has 1 atom stereocenters. The van der Waals surface area contributed by atoms with Crippen LogP contribution >= 0.6 is 0 Å². The number of hydrogen-bond acceptors (Lipinski definition) is 1. The molecule has 0 bridgehead atoms. The Hall–Kier alpha value is -1.31. The molecule has 2 heteroatoms. The number of rotatable bonds is 4. The second-order valence-corrected chi connectivity index (χ2v) is 4.71. The molecule has 0 aliphatic heterocycles. The van der Waals surface area contributed by atoms with Crippen molar-refractivity contribution >= 4 is 5.91 Å². The molecule has 2 N–H and O–H groups in total. The molecular formula is C14H21NO. The summed E-state index contributed by atoms with van der Waals surface area (Å²) in [5.41, 5.74) is 7.29. The maximum Gasteiger partial charge on any atom is 0.228 e. The van der Waals surface area contributed by atoms with E-state index in [4.69, 9.17) is 5.73 Å². The van der Waals surface area contributed by atoms with E-state index in [2.05, 4.69) is 19.9 Å². The summed E-state index contributed by atoms with van der Waals surface area (Å²) in [6.45, 7) is 8.16. The number of benzene rings is 1. The third kappa shape index (κ3) is 1.97. The SMILES string of the molecule is CCC(C(N)=O)(c1cccc(C)c1)C(C)C. The first-order chi connectivity index (χ1) is 7.45. The first kappa shape index (κ1) is 12.8. The van der Waals surface area contributed by atoms with Crippen LogP contribution in [0, 0.1) is 12.8 Å². The Morgan fingerprint density at radius 1 is 1.44 bits per heavy atom. The highest BCUT2D eigenvalue weighted by Crippen LogP contribution is 2.35. The van der Waals surface area contributed by atoms with Crippen molar-refractivity contribution in [3.05, 3.63) is 35.4 Å². The van der Waals surface area contributed by atoms with Crippen molar-refractivity contribution in [2.75, 3.05) is 0 Å². The second-order valence-electron chi connectivity index (χ2n) is 4.71. The van der Waals surface area contributed by atoms with Crippen LogP contribution in [0.25, 0.3) is 0 Å². The van der Waals surface area contributed by atoms with Crippen molar-refractivity contribution in [3.63, 3.8) is 0 Å². The van der Waals surface area contributed by atoms with Crippen LogP contribution in [0.1, 0.15) is 38.3 Å². The summed E-state index contributed by atoms with van der Waals surface area (Å²) in [5.74, 6) is -0.0209. The topological polar surface area (TPSA) is 43.1 Å². The minimum atomic E-state index is -0.536. The zero-order valence-electron chi connectivity index (χ0n) is 10.6. The number of primary amides is 1. The predicted molar refractivity (Wildman–Crippen MR) is 67.2 cm³/mol. The molecule has 88 valence electrons. The Kier molecular flexibility index (Phi) is 3.74. The van der Waals surface area contributed by atoms with Gasteiger partial charge < -0.3 is 5.73 Å². The van der Waals surface area contributed by atoms with Gasteiger partial charge in [0, 0.05) is 0 Å². The van der Waals surface area contributed by atoms with Gasteiger partial charge in [0.2, 0.25) is 5.91 Å². The van der Waals surface area contributed by atoms with E-state index in [1.165, 1.54) is 0 Å². The van der Waals surface area contributed by atoms with Gasteiger partial charge in [-0.1, -0.05) is 50.6 Å². The van der Waals surface area contributed by atoms with Gasteiger partial charge >= 0.3 is 0 Å². The zero-order chi connectivity index (χ0) is 12.3. The van der Waals surface area contributed by atoms with E-state index >= 15 is 0 Å². The van der Waals surface area contributed by atoms with Crippen LogP contribution in [0.2, 0.25) is 0 Å². The number of nitrogens with two attached hydrogens (primary N) is 1. The van der Waals surface area contributed by atoms with Crippen LogP contribution in [0.15, 0.2) is 24.3 Å². The van der Waals surface area contributed by atoms with E-state index in [1.54, 1.807) is 0 Å². The molecule has 1 amide bonds. The van der Waals surface area contributed by atoms with Gasteiger partial charge in [-0.15, -0.1) is 0 Å². The van der Waals surface area contributed by atoms with Crippen LogP contribution in [-0.4, -0.2) is 5.91 Å². The number of carbonyl (C=O) groups is 1. The first-order valence-electron chi connectivity index (χ1n) is 5.82. The van der Waals surface area contributed by atoms with E-state index in [-0.39, 0.29) is 11.8 Å². The van der Waals surface area contributed by atoms with Crippen molar-refractivity contribution in [1.82, 2.24) is 0 Å². The molecule has 0 aromatic heterocycles. The monoisotopic (exact) mass is 219 g/mol. The Labute approximate surface area is 97.9 Å². The molecule has 0 heterocycles. The Balaban J connectivity index is 3.36. The molecule has 1 aromatic rings. The summed E-state index contributed by atoms with van der Waals surface area (Å²) in [4.78, 5) is 11.8. The fraction of sp³-hybridized carbons (Fsp3) is 0.500. The smallest absolute Gasteiger partial charge is 0.228 e. The second kappa shape index (κ2) is 4.69. The van der Waals surface area contributed by atoms with Gasteiger partial charge in [-0.2, -0.15) is 0 Å². The van der Waals surface area contributed by atoms with E-state index in [1.807, 2.05) is 32.0 Å². The summed E-state index contributed by atoms with van der Waals surface area (Å²) in [6.07, 6.45) is 0.740. The van der Waals surface area contributed by atoms with Crippen LogP contribution in [0.5, 0.6) is 0 Å². The van der Waals surface area contributed by atoms with Crippen molar-refractivity contribution in [2.45, 2.75) is 39.5 Å². The number of hydrogen-bond donors (Lipinski definition) is 1. The fourth-order valence-electron chi connectivity index (χ4n) is 2.47. The summed E-state index contributed by atoms with van der Waals surface area (Å²) >= 11 is 0. The van der Waals surface area contributed by atoms with E-state index < -0.39 is 5.41 Å². The van der Waals surface area contributed by atoms with E-state index in [0.717, 1.165) is 17.5 Å². The zero-order valence-corrected chi connectivity index (χ0v) is 10.6. The van der Waals surface area contributed by atoms with Gasteiger partial charge in [0.15, 0.2) is 0 Å². The van der Waals surface area contributed by atoms with Gasteiger partial charge in [0.25, 0.3) is 0 Å². The highest BCUT2D eigenvalue weighted by molar-refractivity contribution is 5.87. The quantitative estimate of drug-likeness (QED) is 0.831. The maximum atomic E-state index is 11.8. The molecule has 2 nitrogen and oxygen atoms in total. The molecule has 0 spiro atoms. The van der Waals surface area contributed by atoms with Crippen molar-refractivity contribution in [1.29, 1.82) is 0 Å². The van der Waals surface area contributed by atoms with Crippen molar-refractivity contribution in [3.8, 4) is 0 Å². The van der Waals surface area contributed by atoms with E-state index in [0.29, 0.717) is 0 Å². The average molecular weight is 219 g/mol. The number of carbonyl (C=O) groups excluding carboxylic acids is 1. The lowest BCUT2D eigenvalue weighted by molar-refractivity contribution is -0.125. The highest BCUT2D eigenvalue weighted by Gasteiger charge is 2.39. The van der Waals surface area contributed by atoms with Crippen LogP contribution < -0.4 is 5.73 Å². The molecule has 0 fully saturated rings. The van der Waals surface area contributed by atoms with Gasteiger partial charge in [0.1, 0.15) is 0 Å². The molecule has 0 saturated heterocycles. The average Bonchev–Trinajstić information content (AvgIpc) is 2.18. The molecule has 0 radical (unpaired) electrons. The van der Waals surface area contributed by atoms with Gasteiger partial charge in [-0.3, -0.25) is 4.79 Å². The first-order valence-corrected chi connectivity index (χ1v) is 5.82. The summed E-state index contributed by atoms with van der Waals surface area (Å²) in [7, 11) is 0. The Morgan fingerprint density at radius 3 is 2.44 bits per heavy atom. The third-order valence-corrected chi connectivity index (χ3v) is 3.52. The van der Waals surface area contributed by atoms with Crippen LogP contribution in [-0.2, 0) is 10.2 Å².